The summed E-state index contributed by atoms with van der Waals surface area (Å²) in [7, 11) is 0. The molecule has 0 saturated heterocycles. The van der Waals surface area contributed by atoms with Gasteiger partial charge in [0.25, 0.3) is 0 Å². The van der Waals surface area contributed by atoms with Gasteiger partial charge in [0.1, 0.15) is 0 Å². The minimum absolute atomic E-state index is 0.697. The number of nitrogens with zero attached hydrogens (tertiary/aromatic N) is 4. The van der Waals surface area contributed by atoms with Crippen molar-refractivity contribution in [2.45, 2.75) is 6.54 Å². The topological polar surface area (TPSA) is 55.1 Å². The van der Waals surface area contributed by atoms with Gasteiger partial charge in [-0.1, -0.05) is 24.3 Å². The van der Waals surface area contributed by atoms with Crippen LogP contribution >= 0.6 is 0 Å². The van der Waals surface area contributed by atoms with Crippen LogP contribution in [-0.2, 0) is 6.54 Å². The van der Waals surface area contributed by atoms with E-state index >= 15 is 0 Å². The maximum atomic E-state index is 4.46. The first-order chi connectivity index (χ1) is 10.4. The van der Waals surface area contributed by atoms with Crippen LogP contribution in [0.25, 0.3) is 16.6 Å². The molecular formula is C16H13N5. The van der Waals surface area contributed by atoms with Gasteiger partial charge in [0.15, 0.2) is 5.65 Å². The molecule has 0 aliphatic carbocycles. The van der Waals surface area contributed by atoms with Crippen LogP contribution in [-0.4, -0.2) is 19.6 Å². The van der Waals surface area contributed by atoms with Gasteiger partial charge in [0.2, 0.25) is 0 Å². The molecule has 4 rings (SSSR count). The van der Waals surface area contributed by atoms with E-state index in [0.717, 1.165) is 27.8 Å². The van der Waals surface area contributed by atoms with Gasteiger partial charge < -0.3 is 5.32 Å². The van der Waals surface area contributed by atoms with E-state index in [4.69, 9.17) is 0 Å². The maximum Gasteiger partial charge on any atom is 0.155 e. The molecule has 0 saturated carbocycles. The summed E-state index contributed by atoms with van der Waals surface area (Å²) in [6.45, 7) is 0.697. The number of anilines is 1. The summed E-state index contributed by atoms with van der Waals surface area (Å²) >= 11 is 0. The number of fused-ring (bicyclic) bond motifs is 2. The van der Waals surface area contributed by atoms with Gasteiger partial charge in [-0.15, -0.1) is 0 Å². The molecule has 1 N–H and O–H groups in total. The Hall–Kier alpha value is -2.95. The summed E-state index contributed by atoms with van der Waals surface area (Å²) in [5.41, 5.74) is 3.96. The number of para-hydroxylation sites is 1. The molecule has 0 amide bonds. The predicted octanol–water partition coefficient (Wildman–Crippen LogP) is 2.89. The van der Waals surface area contributed by atoms with Crippen LogP contribution in [0.15, 0.2) is 61.2 Å². The zero-order valence-corrected chi connectivity index (χ0v) is 11.3. The van der Waals surface area contributed by atoms with Crippen molar-refractivity contribution in [3.63, 3.8) is 0 Å². The van der Waals surface area contributed by atoms with Gasteiger partial charge >= 0.3 is 0 Å². The lowest BCUT2D eigenvalue weighted by Crippen LogP contribution is -2.03. The van der Waals surface area contributed by atoms with Crippen molar-refractivity contribution < 1.29 is 0 Å². The van der Waals surface area contributed by atoms with E-state index in [2.05, 4.69) is 44.6 Å². The van der Waals surface area contributed by atoms with E-state index in [1.54, 1.807) is 10.7 Å². The van der Waals surface area contributed by atoms with Crippen molar-refractivity contribution in [2.75, 3.05) is 5.32 Å². The fourth-order valence-corrected chi connectivity index (χ4v) is 2.41. The van der Waals surface area contributed by atoms with Crippen molar-refractivity contribution in [2.24, 2.45) is 0 Å². The number of hydrogen-bond acceptors (Lipinski definition) is 4. The zero-order chi connectivity index (χ0) is 14.1. The average Bonchev–Trinajstić information content (AvgIpc) is 3.00. The summed E-state index contributed by atoms with van der Waals surface area (Å²) in [5, 5.41) is 8.71. The third kappa shape index (κ3) is 2.18. The molecule has 21 heavy (non-hydrogen) atoms. The number of hydrogen-bond donors (Lipinski definition) is 1. The molecule has 102 valence electrons. The second kappa shape index (κ2) is 4.86. The predicted molar refractivity (Wildman–Crippen MR) is 82.1 cm³/mol. The first kappa shape index (κ1) is 11.8. The largest absolute Gasteiger partial charge is 0.378 e. The Kier molecular flexibility index (Phi) is 2.74. The number of aromatic nitrogens is 4. The molecule has 3 heterocycles. The lowest BCUT2D eigenvalue weighted by Gasteiger charge is -2.08. The lowest BCUT2D eigenvalue weighted by molar-refractivity contribution is 0.936. The van der Waals surface area contributed by atoms with E-state index in [1.165, 1.54) is 0 Å². The molecular weight excluding hydrogens is 262 g/mol. The van der Waals surface area contributed by atoms with Crippen LogP contribution in [0, 0.1) is 0 Å². The highest BCUT2D eigenvalue weighted by molar-refractivity contribution is 5.81. The molecule has 3 aromatic heterocycles. The van der Waals surface area contributed by atoms with Crippen molar-refractivity contribution in [1.29, 1.82) is 0 Å². The first-order valence-corrected chi connectivity index (χ1v) is 6.76. The minimum Gasteiger partial charge on any atom is -0.378 e. The van der Waals surface area contributed by atoms with Crippen LogP contribution in [0.5, 0.6) is 0 Å². The number of pyridine rings is 1. The Balaban J connectivity index is 1.63. The molecule has 0 radical (unpaired) electrons. The van der Waals surface area contributed by atoms with Crippen LogP contribution in [0.3, 0.4) is 0 Å². The van der Waals surface area contributed by atoms with E-state index in [0.29, 0.717) is 6.54 Å². The molecule has 5 nitrogen and oxygen atoms in total. The summed E-state index contributed by atoms with van der Waals surface area (Å²) in [6.07, 6.45) is 7.31. The van der Waals surface area contributed by atoms with E-state index in [-0.39, 0.29) is 0 Å². The minimum atomic E-state index is 0.697. The van der Waals surface area contributed by atoms with Gasteiger partial charge in [0, 0.05) is 24.2 Å². The first-order valence-electron chi connectivity index (χ1n) is 6.76. The van der Waals surface area contributed by atoms with Gasteiger partial charge in [-0.05, 0) is 11.6 Å². The molecule has 0 fully saturated rings. The zero-order valence-electron chi connectivity index (χ0n) is 11.3. The second-order valence-electron chi connectivity index (χ2n) is 4.82. The van der Waals surface area contributed by atoms with Crippen molar-refractivity contribution in [3.8, 4) is 0 Å². The second-order valence-corrected chi connectivity index (χ2v) is 4.82. The fraction of sp³-hybridized carbons (Fsp3) is 0.0625. The van der Waals surface area contributed by atoms with Crippen LogP contribution in [0.1, 0.15) is 5.56 Å². The molecule has 0 bridgehead atoms. The summed E-state index contributed by atoms with van der Waals surface area (Å²) in [6, 6.07) is 12.1. The van der Waals surface area contributed by atoms with Crippen LogP contribution in [0.2, 0.25) is 0 Å². The molecule has 1 aromatic carbocycles. The maximum absolute atomic E-state index is 4.46. The molecule has 0 aliphatic heterocycles. The Morgan fingerprint density at radius 1 is 1.00 bits per heavy atom. The highest BCUT2D eigenvalue weighted by Gasteiger charge is 2.02. The summed E-state index contributed by atoms with van der Waals surface area (Å²) in [5.74, 6) is 0. The summed E-state index contributed by atoms with van der Waals surface area (Å²) in [4.78, 5) is 8.80. The Morgan fingerprint density at radius 2 is 1.95 bits per heavy atom. The van der Waals surface area contributed by atoms with E-state index < -0.39 is 0 Å². The summed E-state index contributed by atoms with van der Waals surface area (Å²) < 4.78 is 1.75. The lowest BCUT2D eigenvalue weighted by atomic mass is 10.1. The normalized spacial score (nSPS) is 11.0. The molecule has 0 spiro atoms. The fourth-order valence-electron chi connectivity index (χ4n) is 2.41. The molecule has 5 heteroatoms. The van der Waals surface area contributed by atoms with Gasteiger partial charge in [-0.25, -0.2) is 9.50 Å². The monoisotopic (exact) mass is 275 g/mol. The van der Waals surface area contributed by atoms with E-state index in [9.17, 15) is 0 Å². The Labute approximate surface area is 121 Å². The van der Waals surface area contributed by atoms with Crippen LogP contribution < -0.4 is 5.32 Å². The van der Waals surface area contributed by atoms with E-state index in [1.807, 2.05) is 30.7 Å². The van der Waals surface area contributed by atoms with Gasteiger partial charge in [0.05, 0.1) is 29.8 Å². The smallest absolute Gasteiger partial charge is 0.155 e. The standard InChI is InChI=1S/C16H13N5/c1-3-12-5-2-7-17-16(12)13(4-1)9-18-14-10-19-15-6-8-20-21(15)11-14/h1-8,10-11,18H,9H2. The molecule has 0 atom stereocenters. The molecule has 0 aliphatic rings. The van der Waals surface area contributed by atoms with Gasteiger partial charge in [-0.2, -0.15) is 5.10 Å². The Morgan fingerprint density at radius 3 is 2.95 bits per heavy atom. The average molecular weight is 275 g/mol. The number of nitrogens with one attached hydrogen (secondary N) is 1. The van der Waals surface area contributed by atoms with Crippen molar-refractivity contribution in [1.82, 2.24) is 19.6 Å². The van der Waals surface area contributed by atoms with Crippen LogP contribution in [0.4, 0.5) is 5.69 Å². The molecule has 0 unspecified atom stereocenters. The quantitative estimate of drug-likeness (QED) is 0.624. The highest BCUT2D eigenvalue weighted by atomic mass is 15.2. The SMILES string of the molecule is c1cnc2c(CNc3cnc4ccnn4c3)cccc2c1. The Bertz CT molecular complexity index is 907. The highest BCUT2D eigenvalue weighted by Crippen LogP contribution is 2.17. The van der Waals surface area contributed by atoms with Crippen molar-refractivity contribution in [3.05, 3.63) is 66.7 Å². The van der Waals surface area contributed by atoms with Crippen molar-refractivity contribution >= 4 is 22.2 Å². The third-order valence-electron chi connectivity index (χ3n) is 3.45. The molecule has 4 aromatic rings. The third-order valence-corrected chi connectivity index (χ3v) is 3.45. The number of rotatable bonds is 3. The number of benzene rings is 1. The van der Waals surface area contributed by atoms with Gasteiger partial charge in [-0.3, -0.25) is 4.98 Å².